The summed E-state index contributed by atoms with van der Waals surface area (Å²) in [6, 6.07) is 10.8. The fourth-order valence-corrected chi connectivity index (χ4v) is 1.72. The van der Waals surface area contributed by atoms with E-state index in [9.17, 15) is 0 Å². The average Bonchev–Trinajstić information content (AvgIpc) is 2.30. The van der Waals surface area contributed by atoms with Crippen molar-refractivity contribution in [1.82, 2.24) is 5.32 Å². The summed E-state index contributed by atoms with van der Waals surface area (Å²) < 4.78 is 0. The van der Waals surface area contributed by atoms with Gasteiger partial charge >= 0.3 is 0 Å². The topological polar surface area (TPSA) is 12.0 Å². The molecule has 1 aliphatic rings. The van der Waals surface area contributed by atoms with E-state index in [-0.39, 0.29) is 0 Å². The van der Waals surface area contributed by atoms with Gasteiger partial charge in [0.2, 0.25) is 0 Å². The highest BCUT2D eigenvalue weighted by atomic mass is 14.9. The second-order valence-corrected chi connectivity index (χ2v) is 4.21. The normalized spacial score (nSPS) is 19.9. The molecule has 1 unspecified atom stereocenters. The molecule has 1 heteroatoms. The van der Waals surface area contributed by atoms with Gasteiger partial charge in [0.15, 0.2) is 0 Å². The van der Waals surface area contributed by atoms with E-state index in [2.05, 4.69) is 61.8 Å². The molecule has 0 fully saturated rings. The van der Waals surface area contributed by atoms with Crippen molar-refractivity contribution in [2.24, 2.45) is 5.92 Å². The van der Waals surface area contributed by atoms with Crippen molar-refractivity contribution in [1.29, 1.82) is 0 Å². The largest absolute Gasteiger partial charge is 0.380 e. The lowest BCUT2D eigenvalue weighted by Gasteiger charge is -2.20. The minimum atomic E-state index is 0.327. The molecule has 0 amide bonds. The molecule has 1 nitrogen and oxygen atoms in total. The predicted octanol–water partition coefficient (Wildman–Crippen LogP) is 3.43. The van der Waals surface area contributed by atoms with Crippen molar-refractivity contribution in [2.75, 3.05) is 0 Å². The summed E-state index contributed by atoms with van der Waals surface area (Å²) in [6.45, 7) is 4.42. The molecular weight excluding hydrogens is 182 g/mol. The van der Waals surface area contributed by atoms with Crippen LogP contribution in [-0.4, -0.2) is 0 Å². The lowest BCUT2D eigenvalue weighted by molar-refractivity contribution is 0.698. The molecule has 1 aromatic rings. The maximum atomic E-state index is 3.42. The molecule has 0 radical (unpaired) electrons. The third-order valence-electron chi connectivity index (χ3n) is 2.74. The molecule has 0 aliphatic carbocycles. The number of rotatable bonds is 2. The standard InChI is InChI=1S/C14H17N/c1-11(2)13-8-9-14(15-10-13)12-6-4-3-5-7-12/h3-11,14-15H,1-2H3. The first-order valence-corrected chi connectivity index (χ1v) is 5.46. The Morgan fingerprint density at radius 2 is 1.87 bits per heavy atom. The molecule has 0 spiro atoms. The molecule has 1 aliphatic heterocycles. The van der Waals surface area contributed by atoms with E-state index in [1.165, 1.54) is 11.1 Å². The maximum absolute atomic E-state index is 3.42. The summed E-state index contributed by atoms with van der Waals surface area (Å²) in [4.78, 5) is 0. The van der Waals surface area contributed by atoms with Gasteiger partial charge in [0.05, 0.1) is 6.04 Å². The van der Waals surface area contributed by atoms with E-state index in [0.717, 1.165) is 0 Å². The van der Waals surface area contributed by atoms with E-state index >= 15 is 0 Å². The molecule has 78 valence electrons. The number of hydrogen-bond donors (Lipinski definition) is 1. The first kappa shape index (κ1) is 10.0. The van der Waals surface area contributed by atoms with Gasteiger partial charge in [-0.05, 0) is 17.1 Å². The third-order valence-corrected chi connectivity index (χ3v) is 2.74. The highest BCUT2D eigenvalue weighted by Crippen LogP contribution is 2.21. The van der Waals surface area contributed by atoms with Crippen LogP contribution in [0.15, 0.2) is 54.3 Å². The first-order chi connectivity index (χ1) is 7.27. The zero-order valence-corrected chi connectivity index (χ0v) is 9.27. The summed E-state index contributed by atoms with van der Waals surface area (Å²) in [6.07, 6.45) is 6.58. The SMILES string of the molecule is CC(C)C1=CNC(c2ccccc2)C=C1. The number of hydrogen-bond acceptors (Lipinski definition) is 1. The Labute approximate surface area is 91.5 Å². The van der Waals surface area contributed by atoms with Crippen LogP contribution < -0.4 is 5.32 Å². The maximum Gasteiger partial charge on any atom is 0.0695 e. The van der Waals surface area contributed by atoms with Gasteiger partial charge in [-0.2, -0.15) is 0 Å². The fourth-order valence-electron chi connectivity index (χ4n) is 1.72. The fraction of sp³-hybridized carbons (Fsp3) is 0.286. The zero-order chi connectivity index (χ0) is 10.7. The Kier molecular flexibility index (Phi) is 2.91. The quantitative estimate of drug-likeness (QED) is 0.769. The van der Waals surface area contributed by atoms with Crippen LogP contribution >= 0.6 is 0 Å². The van der Waals surface area contributed by atoms with E-state index < -0.39 is 0 Å². The molecule has 15 heavy (non-hydrogen) atoms. The number of dihydropyridines is 1. The monoisotopic (exact) mass is 199 g/mol. The molecule has 0 saturated carbocycles. The van der Waals surface area contributed by atoms with Crippen LogP contribution in [0.1, 0.15) is 25.5 Å². The number of allylic oxidation sites excluding steroid dienone is 2. The van der Waals surface area contributed by atoms with E-state index in [4.69, 9.17) is 0 Å². The van der Waals surface area contributed by atoms with Crippen LogP contribution in [0.25, 0.3) is 0 Å². The summed E-state index contributed by atoms with van der Waals surface area (Å²) in [5.74, 6) is 0.588. The zero-order valence-electron chi connectivity index (χ0n) is 9.27. The third kappa shape index (κ3) is 2.30. The van der Waals surface area contributed by atoms with Crippen molar-refractivity contribution < 1.29 is 0 Å². The molecule has 1 aromatic carbocycles. The van der Waals surface area contributed by atoms with Crippen LogP contribution in [0.3, 0.4) is 0 Å². The van der Waals surface area contributed by atoms with Gasteiger partial charge in [-0.1, -0.05) is 56.3 Å². The van der Waals surface area contributed by atoms with E-state index in [1.54, 1.807) is 0 Å². The van der Waals surface area contributed by atoms with Crippen LogP contribution in [0.4, 0.5) is 0 Å². The smallest absolute Gasteiger partial charge is 0.0695 e. The molecule has 2 rings (SSSR count). The summed E-state index contributed by atoms with van der Waals surface area (Å²) in [7, 11) is 0. The molecule has 0 aromatic heterocycles. The Bertz CT molecular complexity index is 374. The Hall–Kier alpha value is -1.50. The van der Waals surface area contributed by atoms with Gasteiger partial charge in [0, 0.05) is 6.20 Å². The highest BCUT2D eigenvalue weighted by molar-refractivity contribution is 5.31. The second-order valence-electron chi connectivity index (χ2n) is 4.21. The Balaban J connectivity index is 2.10. The van der Waals surface area contributed by atoms with Crippen LogP contribution in [0, 0.1) is 5.92 Å². The van der Waals surface area contributed by atoms with Crippen LogP contribution in [-0.2, 0) is 0 Å². The second kappa shape index (κ2) is 4.35. The summed E-state index contributed by atoms with van der Waals surface area (Å²) in [5, 5.41) is 3.42. The lowest BCUT2D eigenvalue weighted by Crippen LogP contribution is -2.17. The molecule has 1 N–H and O–H groups in total. The minimum Gasteiger partial charge on any atom is -0.380 e. The molecule has 1 atom stereocenters. The number of benzene rings is 1. The van der Waals surface area contributed by atoms with E-state index in [1.807, 2.05) is 6.07 Å². The van der Waals surface area contributed by atoms with Crippen molar-refractivity contribution in [3.8, 4) is 0 Å². The number of nitrogens with one attached hydrogen (secondary N) is 1. The van der Waals surface area contributed by atoms with Gasteiger partial charge in [-0.25, -0.2) is 0 Å². The van der Waals surface area contributed by atoms with Crippen molar-refractivity contribution >= 4 is 0 Å². The molecular formula is C14H17N. The van der Waals surface area contributed by atoms with Gasteiger partial charge in [-0.15, -0.1) is 0 Å². The molecule has 0 bridgehead atoms. The first-order valence-electron chi connectivity index (χ1n) is 5.46. The van der Waals surface area contributed by atoms with Gasteiger partial charge in [0.25, 0.3) is 0 Å². The Morgan fingerprint density at radius 3 is 2.40 bits per heavy atom. The van der Waals surface area contributed by atoms with Gasteiger partial charge in [-0.3, -0.25) is 0 Å². The van der Waals surface area contributed by atoms with Crippen molar-refractivity contribution in [3.05, 3.63) is 59.8 Å². The van der Waals surface area contributed by atoms with Gasteiger partial charge < -0.3 is 5.32 Å². The Morgan fingerprint density at radius 1 is 1.13 bits per heavy atom. The molecule has 0 saturated heterocycles. The molecule has 1 heterocycles. The van der Waals surface area contributed by atoms with Crippen LogP contribution in [0.5, 0.6) is 0 Å². The van der Waals surface area contributed by atoms with Crippen molar-refractivity contribution in [2.45, 2.75) is 19.9 Å². The van der Waals surface area contributed by atoms with Gasteiger partial charge in [0.1, 0.15) is 0 Å². The summed E-state index contributed by atoms with van der Waals surface area (Å²) >= 11 is 0. The predicted molar refractivity (Wildman–Crippen MR) is 64.4 cm³/mol. The minimum absolute atomic E-state index is 0.327. The summed E-state index contributed by atoms with van der Waals surface area (Å²) in [5.41, 5.74) is 2.68. The van der Waals surface area contributed by atoms with Crippen LogP contribution in [0.2, 0.25) is 0 Å². The average molecular weight is 199 g/mol. The van der Waals surface area contributed by atoms with E-state index in [0.29, 0.717) is 12.0 Å². The lowest BCUT2D eigenvalue weighted by atomic mass is 9.98. The van der Waals surface area contributed by atoms with Crippen molar-refractivity contribution in [3.63, 3.8) is 0 Å². The highest BCUT2D eigenvalue weighted by Gasteiger charge is 2.10.